The van der Waals surface area contributed by atoms with Gasteiger partial charge in [0.25, 0.3) is 0 Å². The van der Waals surface area contributed by atoms with E-state index in [1.807, 2.05) is 25.1 Å². The van der Waals surface area contributed by atoms with E-state index in [2.05, 4.69) is 21.4 Å². The Morgan fingerprint density at radius 2 is 1.95 bits per heavy atom. The van der Waals surface area contributed by atoms with Gasteiger partial charge >= 0.3 is 0 Å². The molecule has 0 aliphatic heterocycles. The van der Waals surface area contributed by atoms with Crippen LogP contribution in [0.3, 0.4) is 0 Å². The summed E-state index contributed by atoms with van der Waals surface area (Å²) in [6.45, 7) is 2.56. The molecular weight excluding hydrogens is 322 g/mol. The van der Waals surface area contributed by atoms with Crippen LogP contribution < -0.4 is 10.3 Å². The number of hydrogen-bond acceptors (Lipinski definition) is 4. The van der Waals surface area contributed by atoms with Crippen molar-refractivity contribution < 1.29 is 15.1 Å². The predicted octanol–water partition coefficient (Wildman–Crippen LogP) is 3.29. The van der Waals surface area contributed by atoms with Crippen molar-refractivity contribution in [2.75, 3.05) is 6.54 Å². The zero-order chi connectivity index (χ0) is 14.5. The maximum atomic E-state index is 9.39. The number of phenolic OH excluding ortho intramolecular Hbond substituents is 2. The van der Waals surface area contributed by atoms with E-state index in [1.54, 1.807) is 12.1 Å². The van der Waals surface area contributed by atoms with Gasteiger partial charge in [0.1, 0.15) is 0 Å². The summed E-state index contributed by atoms with van der Waals surface area (Å²) >= 11 is 3.45. The molecule has 0 saturated heterocycles. The molecule has 0 aromatic heterocycles. The molecule has 2 aromatic carbocycles. The third-order valence-electron chi connectivity index (χ3n) is 2.96. The normalized spacial score (nSPS) is 10.5. The molecule has 5 heteroatoms. The number of benzene rings is 2. The van der Waals surface area contributed by atoms with Gasteiger partial charge in [-0.2, -0.15) is 5.48 Å². The Balaban J connectivity index is 1.84. The first-order valence-electron chi connectivity index (χ1n) is 6.23. The zero-order valence-electron chi connectivity index (χ0n) is 11.1. The quantitative estimate of drug-likeness (QED) is 0.445. The number of nitrogens with one attached hydrogen (secondary N) is 1. The average Bonchev–Trinajstić information content (AvgIpc) is 2.43. The lowest BCUT2D eigenvalue weighted by atomic mass is 10.1. The highest BCUT2D eigenvalue weighted by Crippen LogP contribution is 2.26. The maximum absolute atomic E-state index is 9.39. The average molecular weight is 338 g/mol. The Hall–Kier alpha value is -1.72. The second kappa shape index (κ2) is 6.63. The molecule has 0 atom stereocenters. The molecule has 0 heterocycles. The SMILES string of the molecule is Cc1c(Br)cccc1ONCCc1ccc(O)c(O)c1. The van der Waals surface area contributed by atoms with Crippen LogP contribution in [0.4, 0.5) is 0 Å². The van der Waals surface area contributed by atoms with Gasteiger partial charge in [0, 0.05) is 16.6 Å². The van der Waals surface area contributed by atoms with Gasteiger partial charge in [-0.15, -0.1) is 0 Å². The largest absolute Gasteiger partial charge is 0.504 e. The Morgan fingerprint density at radius 1 is 1.15 bits per heavy atom. The highest BCUT2D eigenvalue weighted by Gasteiger charge is 2.03. The molecule has 2 rings (SSSR count). The molecule has 0 bridgehead atoms. The zero-order valence-corrected chi connectivity index (χ0v) is 12.6. The molecule has 4 nitrogen and oxygen atoms in total. The van der Waals surface area contributed by atoms with E-state index >= 15 is 0 Å². The highest BCUT2D eigenvalue weighted by molar-refractivity contribution is 9.10. The molecule has 20 heavy (non-hydrogen) atoms. The summed E-state index contributed by atoms with van der Waals surface area (Å²) in [7, 11) is 0. The Morgan fingerprint density at radius 3 is 2.70 bits per heavy atom. The van der Waals surface area contributed by atoms with E-state index < -0.39 is 0 Å². The van der Waals surface area contributed by atoms with E-state index in [4.69, 9.17) is 4.84 Å². The van der Waals surface area contributed by atoms with Crippen molar-refractivity contribution in [3.05, 3.63) is 52.0 Å². The van der Waals surface area contributed by atoms with Crippen LogP contribution in [0.15, 0.2) is 40.9 Å². The number of halogens is 1. The van der Waals surface area contributed by atoms with Crippen LogP contribution in [0.5, 0.6) is 17.2 Å². The molecule has 3 N–H and O–H groups in total. The summed E-state index contributed by atoms with van der Waals surface area (Å²) in [4.78, 5) is 5.50. The number of phenols is 2. The summed E-state index contributed by atoms with van der Waals surface area (Å²) in [5, 5.41) is 18.6. The van der Waals surface area contributed by atoms with Crippen LogP contribution >= 0.6 is 15.9 Å². The number of hydroxylamine groups is 1. The molecule has 0 amide bonds. The first-order valence-corrected chi connectivity index (χ1v) is 7.03. The predicted molar refractivity (Wildman–Crippen MR) is 81.0 cm³/mol. The third kappa shape index (κ3) is 3.65. The summed E-state index contributed by atoms with van der Waals surface area (Å²) in [5.74, 6) is 0.557. The smallest absolute Gasteiger partial charge is 0.157 e. The fourth-order valence-corrected chi connectivity index (χ4v) is 2.09. The van der Waals surface area contributed by atoms with Gasteiger partial charge in [-0.3, -0.25) is 0 Å². The van der Waals surface area contributed by atoms with Crippen LogP contribution in [-0.2, 0) is 6.42 Å². The van der Waals surface area contributed by atoms with E-state index in [0.717, 1.165) is 21.3 Å². The number of rotatable bonds is 5. The first-order chi connectivity index (χ1) is 9.58. The van der Waals surface area contributed by atoms with Crippen molar-refractivity contribution in [1.29, 1.82) is 0 Å². The van der Waals surface area contributed by atoms with Gasteiger partial charge < -0.3 is 15.1 Å². The summed E-state index contributed by atoms with van der Waals surface area (Å²) in [5.41, 5.74) is 4.84. The van der Waals surface area contributed by atoms with Crippen molar-refractivity contribution in [3.8, 4) is 17.2 Å². The van der Waals surface area contributed by atoms with Crippen molar-refractivity contribution in [3.63, 3.8) is 0 Å². The van der Waals surface area contributed by atoms with Gasteiger partial charge in [-0.25, -0.2) is 0 Å². The van der Waals surface area contributed by atoms with Crippen LogP contribution in [0, 0.1) is 6.92 Å². The Bertz CT molecular complexity index is 602. The van der Waals surface area contributed by atoms with Crippen LogP contribution in [0.1, 0.15) is 11.1 Å². The lowest BCUT2D eigenvalue weighted by molar-refractivity contribution is 0.196. The fraction of sp³-hybridized carbons (Fsp3) is 0.200. The van der Waals surface area contributed by atoms with Gasteiger partial charge in [0.2, 0.25) is 0 Å². The van der Waals surface area contributed by atoms with Gasteiger partial charge in [0.05, 0.1) is 0 Å². The highest BCUT2D eigenvalue weighted by atomic mass is 79.9. The molecule has 0 aliphatic rings. The number of hydrogen-bond donors (Lipinski definition) is 3. The van der Waals surface area contributed by atoms with E-state index in [0.29, 0.717) is 13.0 Å². The van der Waals surface area contributed by atoms with Crippen LogP contribution in [0.25, 0.3) is 0 Å². The number of aromatic hydroxyl groups is 2. The van der Waals surface area contributed by atoms with Crippen LogP contribution in [0.2, 0.25) is 0 Å². The molecule has 2 aromatic rings. The van der Waals surface area contributed by atoms with Gasteiger partial charge in [-0.1, -0.05) is 28.1 Å². The van der Waals surface area contributed by atoms with E-state index in [1.165, 1.54) is 6.07 Å². The molecule has 0 aliphatic carbocycles. The maximum Gasteiger partial charge on any atom is 0.157 e. The monoisotopic (exact) mass is 337 g/mol. The minimum absolute atomic E-state index is 0.105. The van der Waals surface area contributed by atoms with Gasteiger partial charge in [0.15, 0.2) is 17.2 Å². The van der Waals surface area contributed by atoms with Crippen molar-refractivity contribution in [1.82, 2.24) is 5.48 Å². The minimum atomic E-state index is -0.109. The summed E-state index contributed by atoms with van der Waals surface area (Å²) in [6, 6.07) is 10.5. The molecule has 0 spiro atoms. The second-order valence-corrected chi connectivity index (χ2v) is 5.29. The Labute approximate surface area is 126 Å². The second-order valence-electron chi connectivity index (χ2n) is 4.43. The fourth-order valence-electron chi connectivity index (χ4n) is 1.75. The summed E-state index contributed by atoms with van der Waals surface area (Å²) < 4.78 is 1.00. The van der Waals surface area contributed by atoms with E-state index in [-0.39, 0.29) is 11.5 Å². The first kappa shape index (κ1) is 14.7. The standard InChI is InChI=1S/C15H16BrNO3/c1-10-12(16)3-2-4-15(10)20-17-8-7-11-5-6-13(18)14(19)9-11/h2-6,9,17-19H,7-8H2,1H3. The molecule has 106 valence electrons. The topological polar surface area (TPSA) is 61.7 Å². The molecule has 0 unspecified atom stereocenters. The lowest BCUT2D eigenvalue weighted by Crippen LogP contribution is -2.21. The lowest BCUT2D eigenvalue weighted by Gasteiger charge is -2.10. The minimum Gasteiger partial charge on any atom is -0.504 e. The van der Waals surface area contributed by atoms with Crippen molar-refractivity contribution in [2.45, 2.75) is 13.3 Å². The van der Waals surface area contributed by atoms with Gasteiger partial charge in [-0.05, 0) is 43.2 Å². The molecule has 0 fully saturated rings. The van der Waals surface area contributed by atoms with Crippen LogP contribution in [-0.4, -0.2) is 16.8 Å². The van der Waals surface area contributed by atoms with Crippen molar-refractivity contribution in [2.24, 2.45) is 0 Å². The Kier molecular flexibility index (Phi) is 4.87. The molecular formula is C15H16BrNO3. The van der Waals surface area contributed by atoms with Crippen molar-refractivity contribution >= 4 is 15.9 Å². The summed E-state index contributed by atoms with van der Waals surface area (Å²) in [6.07, 6.45) is 0.681. The van der Waals surface area contributed by atoms with E-state index in [9.17, 15) is 10.2 Å². The molecule has 0 saturated carbocycles. The third-order valence-corrected chi connectivity index (χ3v) is 3.81. The molecule has 0 radical (unpaired) electrons.